The Labute approximate surface area is 99.4 Å². The zero-order valence-electron chi connectivity index (χ0n) is 7.87. The van der Waals surface area contributed by atoms with Gasteiger partial charge in [0.15, 0.2) is 16.3 Å². The fraction of sp³-hybridized carbons (Fsp3) is 0. The molecule has 0 aliphatic rings. The third kappa shape index (κ3) is 2.57. The van der Waals surface area contributed by atoms with E-state index in [-0.39, 0.29) is 12.0 Å². The largest absolute Gasteiger partial charge is 0.479 e. The van der Waals surface area contributed by atoms with Crippen molar-refractivity contribution in [1.82, 2.24) is 15.0 Å². The SMILES string of the molecule is Oc1nc(OBr)nc(Oc2ccccc2)n1. The minimum Gasteiger partial charge on any atom is -0.479 e. The summed E-state index contributed by atoms with van der Waals surface area (Å²) in [5, 5.41) is 9.16. The Morgan fingerprint density at radius 2 is 1.69 bits per heavy atom. The van der Waals surface area contributed by atoms with Crippen LogP contribution in [0, 0.1) is 0 Å². The highest BCUT2D eigenvalue weighted by atomic mass is 79.9. The highest BCUT2D eigenvalue weighted by Crippen LogP contribution is 2.20. The van der Waals surface area contributed by atoms with Gasteiger partial charge in [0.25, 0.3) is 0 Å². The first-order valence-corrected chi connectivity index (χ1v) is 4.89. The summed E-state index contributed by atoms with van der Waals surface area (Å²) >= 11 is 2.69. The standard InChI is InChI=1S/C9H6BrN3O3/c10-16-9-12-7(14)11-8(13-9)15-6-4-2-1-3-5-6/h1-5H,(H,11,12,13,14). The summed E-state index contributed by atoms with van der Waals surface area (Å²) in [5.41, 5.74) is 0. The molecule has 0 fully saturated rings. The molecule has 16 heavy (non-hydrogen) atoms. The van der Waals surface area contributed by atoms with Gasteiger partial charge in [0.1, 0.15) is 5.75 Å². The molecule has 2 rings (SSSR count). The van der Waals surface area contributed by atoms with Crippen LogP contribution in [0.3, 0.4) is 0 Å². The fourth-order valence-corrected chi connectivity index (χ4v) is 1.15. The van der Waals surface area contributed by atoms with E-state index in [1.54, 1.807) is 24.3 Å². The summed E-state index contributed by atoms with van der Waals surface area (Å²) in [6.45, 7) is 0. The monoisotopic (exact) mass is 283 g/mol. The summed E-state index contributed by atoms with van der Waals surface area (Å²) < 4.78 is 9.86. The van der Waals surface area contributed by atoms with Crippen LogP contribution in [0.5, 0.6) is 23.8 Å². The molecule has 0 unspecified atom stereocenters. The van der Waals surface area contributed by atoms with Gasteiger partial charge >= 0.3 is 18.0 Å². The molecule has 1 N–H and O–H groups in total. The lowest BCUT2D eigenvalue weighted by Crippen LogP contribution is -1.95. The van der Waals surface area contributed by atoms with Crippen molar-refractivity contribution in [2.24, 2.45) is 0 Å². The predicted octanol–water partition coefficient (Wildman–Crippen LogP) is 2.06. The van der Waals surface area contributed by atoms with Crippen molar-refractivity contribution in [2.75, 3.05) is 0 Å². The highest BCUT2D eigenvalue weighted by Gasteiger charge is 2.07. The number of ether oxygens (including phenoxy) is 1. The summed E-state index contributed by atoms with van der Waals surface area (Å²) in [6.07, 6.45) is 0. The van der Waals surface area contributed by atoms with Gasteiger partial charge in [0, 0.05) is 0 Å². The lowest BCUT2D eigenvalue weighted by Gasteiger charge is -2.03. The van der Waals surface area contributed by atoms with E-state index in [0.717, 1.165) is 0 Å². The van der Waals surface area contributed by atoms with E-state index in [0.29, 0.717) is 5.75 Å². The van der Waals surface area contributed by atoms with Crippen LogP contribution in [-0.4, -0.2) is 20.1 Å². The van der Waals surface area contributed by atoms with Gasteiger partial charge in [0.2, 0.25) is 0 Å². The van der Waals surface area contributed by atoms with Crippen LogP contribution in [0.4, 0.5) is 0 Å². The maximum absolute atomic E-state index is 9.16. The van der Waals surface area contributed by atoms with Gasteiger partial charge in [-0.3, -0.25) is 0 Å². The maximum atomic E-state index is 9.16. The van der Waals surface area contributed by atoms with E-state index in [1.165, 1.54) is 0 Å². The average molecular weight is 284 g/mol. The topological polar surface area (TPSA) is 77.4 Å². The molecule has 0 saturated heterocycles. The number of aromatic nitrogens is 3. The van der Waals surface area contributed by atoms with Crippen molar-refractivity contribution in [2.45, 2.75) is 0 Å². The van der Waals surface area contributed by atoms with Gasteiger partial charge in [-0.05, 0) is 12.1 Å². The molecule has 6 nitrogen and oxygen atoms in total. The quantitative estimate of drug-likeness (QED) is 0.929. The van der Waals surface area contributed by atoms with Crippen LogP contribution in [0.15, 0.2) is 30.3 Å². The molecule has 0 bridgehead atoms. The molecule has 0 aliphatic carbocycles. The van der Waals surface area contributed by atoms with Crippen LogP contribution in [0.1, 0.15) is 0 Å². The molecule has 0 atom stereocenters. The molecule has 7 heteroatoms. The number of nitrogens with zero attached hydrogens (tertiary/aromatic N) is 3. The second-order valence-electron chi connectivity index (χ2n) is 2.69. The number of para-hydroxylation sites is 1. The maximum Gasteiger partial charge on any atom is 0.337 e. The van der Waals surface area contributed by atoms with Crippen molar-refractivity contribution in [1.29, 1.82) is 0 Å². The van der Waals surface area contributed by atoms with E-state index in [2.05, 4.69) is 35.0 Å². The molecule has 0 aliphatic heterocycles. The van der Waals surface area contributed by atoms with Gasteiger partial charge in [-0.1, -0.05) is 18.2 Å². The summed E-state index contributed by atoms with van der Waals surface area (Å²) in [5.74, 6) is 0.550. The second kappa shape index (κ2) is 4.75. The predicted molar refractivity (Wildman–Crippen MR) is 57.6 cm³/mol. The van der Waals surface area contributed by atoms with Crippen LogP contribution >= 0.6 is 16.3 Å². The lowest BCUT2D eigenvalue weighted by atomic mass is 10.3. The second-order valence-corrected chi connectivity index (χ2v) is 3.02. The molecule has 2 aromatic rings. The van der Waals surface area contributed by atoms with E-state index < -0.39 is 6.01 Å². The van der Waals surface area contributed by atoms with Gasteiger partial charge in [-0.15, -0.1) is 15.0 Å². The first kappa shape index (κ1) is 10.6. The summed E-state index contributed by atoms with van der Waals surface area (Å²) in [4.78, 5) is 10.8. The molecule has 1 heterocycles. The van der Waals surface area contributed by atoms with Crippen molar-refractivity contribution >= 4 is 16.3 Å². The highest BCUT2D eigenvalue weighted by molar-refractivity contribution is 9.06. The van der Waals surface area contributed by atoms with Gasteiger partial charge in [-0.25, -0.2) is 0 Å². The van der Waals surface area contributed by atoms with E-state index in [9.17, 15) is 0 Å². The van der Waals surface area contributed by atoms with E-state index in [1.807, 2.05) is 6.07 Å². The number of aromatic hydroxyl groups is 1. The Morgan fingerprint density at radius 3 is 2.38 bits per heavy atom. The van der Waals surface area contributed by atoms with E-state index >= 15 is 0 Å². The zero-order valence-corrected chi connectivity index (χ0v) is 9.46. The summed E-state index contributed by atoms with van der Waals surface area (Å²) in [6, 6.07) is 8.31. The van der Waals surface area contributed by atoms with Crippen molar-refractivity contribution in [3.63, 3.8) is 0 Å². The lowest BCUT2D eigenvalue weighted by molar-refractivity contribution is 0.377. The minimum atomic E-state index is -0.476. The fourth-order valence-electron chi connectivity index (χ4n) is 1.00. The Hall–Kier alpha value is -1.89. The Balaban J connectivity index is 2.24. The molecule has 0 spiro atoms. The van der Waals surface area contributed by atoms with E-state index in [4.69, 9.17) is 9.84 Å². The molecular formula is C9H6BrN3O3. The van der Waals surface area contributed by atoms with Crippen LogP contribution in [0.2, 0.25) is 0 Å². The number of halogens is 1. The molecule has 82 valence electrons. The Bertz CT molecular complexity index is 481. The molecule has 1 aromatic heterocycles. The normalized spacial score (nSPS) is 9.81. The smallest absolute Gasteiger partial charge is 0.337 e. The van der Waals surface area contributed by atoms with Crippen molar-refractivity contribution < 1.29 is 13.7 Å². The number of hydrogen-bond acceptors (Lipinski definition) is 6. The average Bonchev–Trinajstić information content (AvgIpc) is 2.29. The molecule has 0 amide bonds. The third-order valence-electron chi connectivity index (χ3n) is 1.60. The van der Waals surface area contributed by atoms with Crippen LogP contribution < -0.4 is 8.57 Å². The number of hydrogen-bond donors (Lipinski definition) is 1. The van der Waals surface area contributed by atoms with Gasteiger partial charge in [-0.2, -0.15) is 0 Å². The molecule has 0 radical (unpaired) electrons. The van der Waals surface area contributed by atoms with Gasteiger partial charge < -0.3 is 13.7 Å². The first-order valence-electron chi connectivity index (χ1n) is 4.24. The number of rotatable bonds is 3. The van der Waals surface area contributed by atoms with Crippen LogP contribution in [0.25, 0.3) is 0 Å². The Kier molecular flexibility index (Phi) is 3.16. The first-order chi connectivity index (χ1) is 7.78. The van der Waals surface area contributed by atoms with Crippen molar-refractivity contribution in [3.8, 4) is 23.8 Å². The molecule has 0 saturated carbocycles. The molecule has 1 aromatic carbocycles. The van der Waals surface area contributed by atoms with Gasteiger partial charge in [0.05, 0.1) is 0 Å². The van der Waals surface area contributed by atoms with Crippen LogP contribution in [-0.2, 0) is 0 Å². The minimum absolute atomic E-state index is 0.0480. The number of benzene rings is 1. The Morgan fingerprint density at radius 1 is 1.00 bits per heavy atom. The summed E-state index contributed by atoms with van der Waals surface area (Å²) in [7, 11) is 0. The molecular weight excluding hydrogens is 278 g/mol. The third-order valence-corrected chi connectivity index (χ3v) is 1.89. The van der Waals surface area contributed by atoms with Crippen molar-refractivity contribution in [3.05, 3.63) is 30.3 Å². The zero-order chi connectivity index (χ0) is 11.4.